The zero-order chi connectivity index (χ0) is 18.2. The van der Waals surface area contributed by atoms with Gasteiger partial charge in [-0.05, 0) is 60.9 Å². The van der Waals surface area contributed by atoms with E-state index in [1.165, 1.54) is 55.9 Å². The van der Waals surface area contributed by atoms with E-state index in [1.54, 1.807) is 7.11 Å². The van der Waals surface area contributed by atoms with Crippen LogP contribution in [0.5, 0.6) is 5.75 Å². The van der Waals surface area contributed by atoms with Gasteiger partial charge in [0.2, 0.25) is 0 Å². The van der Waals surface area contributed by atoms with Gasteiger partial charge >= 0.3 is 0 Å². The average molecular weight is 348 g/mol. The standard InChI is InChI=1S/C24H29NO/c1-3-4-5-6-7-8-9-19-10-16-24-21(18-19)13-17-23(25-24)20-11-14-22(26-2)15-12-20/h10-18H,3-9H2,1-2H3. The fourth-order valence-corrected chi connectivity index (χ4v) is 3.36. The third-order valence-electron chi connectivity index (χ3n) is 4.96. The van der Waals surface area contributed by atoms with Crippen LogP contribution in [0, 0.1) is 0 Å². The van der Waals surface area contributed by atoms with E-state index in [0.717, 1.165) is 22.5 Å². The highest BCUT2D eigenvalue weighted by molar-refractivity contribution is 5.82. The Bertz CT molecular complexity index is 823. The first-order chi connectivity index (χ1) is 12.8. The van der Waals surface area contributed by atoms with Gasteiger partial charge in [-0.1, -0.05) is 51.2 Å². The summed E-state index contributed by atoms with van der Waals surface area (Å²) >= 11 is 0. The average Bonchev–Trinajstić information content (AvgIpc) is 2.70. The molecule has 136 valence electrons. The molecule has 0 fully saturated rings. The second-order valence-electron chi connectivity index (χ2n) is 6.97. The van der Waals surface area contributed by atoms with E-state index < -0.39 is 0 Å². The molecule has 1 heterocycles. The molecule has 0 aliphatic heterocycles. The molecule has 0 spiro atoms. The quantitative estimate of drug-likeness (QED) is 0.396. The molecule has 0 radical (unpaired) electrons. The highest BCUT2D eigenvalue weighted by atomic mass is 16.5. The van der Waals surface area contributed by atoms with Crippen LogP contribution < -0.4 is 4.74 Å². The number of benzene rings is 2. The van der Waals surface area contributed by atoms with E-state index in [4.69, 9.17) is 9.72 Å². The smallest absolute Gasteiger partial charge is 0.118 e. The maximum atomic E-state index is 5.23. The third-order valence-corrected chi connectivity index (χ3v) is 4.96. The number of fused-ring (bicyclic) bond motifs is 1. The molecule has 0 aliphatic rings. The van der Waals surface area contributed by atoms with E-state index >= 15 is 0 Å². The molecule has 2 heteroatoms. The largest absolute Gasteiger partial charge is 0.497 e. The lowest BCUT2D eigenvalue weighted by molar-refractivity contribution is 0.415. The number of ether oxygens (including phenoxy) is 1. The zero-order valence-electron chi connectivity index (χ0n) is 16.0. The van der Waals surface area contributed by atoms with Crippen LogP contribution in [-0.2, 0) is 6.42 Å². The maximum absolute atomic E-state index is 5.23. The molecule has 2 aromatic carbocycles. The van der Waals surface area contributed by atoms with Crippen molar-refractivity contribution in [2.45, 2.75) is 51.9 Å². The molecule has 3 aromatic rings. The first-order valence-electron chi connectivity index (χ1n) is 9.84. The number of pyridine rings is 1. The highest BCUT2D eigenvalue weighted by Gasteiger charge is 2.03. The lowest BCUT2D eigenvalue weighted by Gasteiger charge is -2.07. The summed E-state index contributed by atoms with van der Waals surface area (Å²) in [4.78, 5) is 4.83. The summed E-state index contributed by atoms with van der Waals surface area (Å²) in [6.45, 7) is 2.27. The summed E-state index contributed by atoms with van der Waals surface area (Å²) in [6, 6.07) is 19.1. The van der Waals surface area contributed by atoms with Gasteiger partial charge in [0.15, 0.2) is 0 Å². The molecule has 0 N–H and O–H groups in total. The van der Waals surface area contributed by atoms with Gasteiger partial charge in [-0.15, -0.1) is 0 Å². The molecule has 0 aliphatic carbocycles. The minimum absolute atomic E-state index is 0.869. The number of aryl methyl sites for hydroxylation is 1. The number of hydrogen-bond acceptors (Lipinski definition) is 2. The molecular formula is C24H29NO. The Balaban J connectivity index is 1.65. The van der Waals surface area contributed by atoms with Crippen LogP contribution in [0.4, 0.5) is 0 Å². The first-order valence-corrected chi connectivity index (χ1v) is 9.84. The summed E-state index contributed by atoms with van der Waals surface area (Å²) in [5.41, 5.74) is 4.60. The lowest BCUT2D eigenvalue weighted by atomic mass is 10.0. The van der Waals surface area contributed by atoms with Gasteiger partial charge < -0.3 is 4.74 Å². The lowest BCUT2D eigenvalue weighted by Crippen LogP contribution is -1.90. The number of rotatable bonds is 9. The van der Waals surface area contributed by atoms with Crippen molar-refractivity contribution in [1.82, 2.24) is 4.98 Å². The Morgan fingerprint density at radius 2 is 1.58 bits per heavy atom. The Morgan fingerprint density at radius 1 is 0.808 bits per heavy atom. The van der Waals surface area contributed by atoms with Crippen molar-refractivity contribution in [3.05, 3.63) is 60.2 Å². The number of nitrogens with zero attached hydrogens (tertiary/aromatic N) is 1. The van der Waals surface area contributed by atoms with Crippen LogP contribution in [0.3, 0.4) is 0 Å². The number of aromatic nitrogens is 1. The minimum Gasteiger partial charge on any atom is -0.497 e. The summed E-state index contributed by atoms with van der Waals surface area (Å²) in [7, 11) is 1.69. The van der Waals surface area contributed by atoms with Crippen LogP contribution in [0.2, 0.25) is 0 Å². The molecule has 1 aromatic heterocycles. The van der Waals surface area contributed by atoms with E-state index in [-0.39, 0.29) is 0 Å². The van der Waals surface area contributed by atoms with Crippen molar-refractivity contribution >= 4 is 10.9 Å². The highest BCUT2D eigenvalue weighted by Crippen LogP contribution is 2.24. The number of unbranched alkanes of at least 4 members (excludes halogenated alkanes) is 5. The summed E-state index contributed by atoms with van der Waals surface area (Å²) in [5, 5.41) is 1.23. The van der Waals surface area contributed by atoms with Gasteiger partial charge in [0.25, 0.3) is 0 Å². The van der Waals surface area contributed by atoms with Crippen molar-refractivity contribution in [3.63, 3.8) is 0 Å². The monoisotopic (exact) mass is 347 g/mol. The van der Waals surface area contributed by atoms with Crippen LogP contribution >= 0.6 is 0 Å². The molecular weight excluding hydrogens is 318 g/mol. The Kier molecular flexibility index (Phi) is 6.65. The van der Waals surface area contributed by atoms with Crippen LogP contribution in [0.25, 0.3) is 22.2 Å². The predicted molar refractivity (Wildman–Crippen MR) is 111 cm³/mol. The Morgan fingerprint density at radius 3 is 2.35 bits per heavy atom. The van der Waals surface area contributed by atoms with Gasteiger partial charge in [-0.3, -0.25) is 0 Å². The van der Waals surface area contributed by atoms with Crippen LogP contribution in [0.1, 0.15) is 51.0 Å². The van der Waals surface area contributed by atoms with E-state index in [2.05, 4.69) is 49.4 Å². The van der Waals surface area contributed by atoms with E-state index in [1.807, 2.05) is 12.1 Å². The van der Waals surface area contributed by atoms with E-state index in [0.29, 0.717) is 0 Å². The summed E-state index contributed by atoms with van der Waals surface area (Å²) in [5.74, 6) is 0.869. The molecule has 0 bridgehead atoms. The molecule has 0 saturated heterocycles. The third kappa shape index (κ3) is 4.85. The normalized spacial score (nSPS) is 11.0. The first kappa shape index (κ1) is 18.4. The fraction of sp³-hybridized carbons (Fsp3) is 0.375. The van der Waals surface area contributed by atoms with Crippen LogP contribution in [-0.4, -0.2) is 12.1 Å². The number of methoxy groups -OCH3 is 1. The van der Waals surface area contributed by atoms with Crippen LogP contribution in [0.15, 0.2) is 54.6 Å². The van der Waals surface area contributed by atoms with Crippen molar-refractivity contribution in [2.75, 3.05) is 7.11 Å². The second-order valence-corrected chi connectivity index (χ2v) is 6.97. The summed E-state index contributed by atoms with van der Waals surface area (Å²) < 4.78 is 5.23. The molecule has 26 heavy (non-hydrogen) atoms. The second kappa shape index (κ2) is 9.38. The zero-order valence-corrected chi connectivity index (χ0v) is 16.0. The summed E-state index contributed by atoms with van der Waals surface area (Å²) in [6.07, 6.45) is 9.23. The molecule has 0 amide bonds. The molecule has 0 unspecified atom stereocenters. The number of hydrogen-bond donors (Lipinski definition) is 0. The molecule has 0 saturated carbocycles. The Hall–Kier alpha value is -2.35. The SMILES string of the molecule is CCCCCCCCc1ccc2nc(-c3ccc(OC)cc3)ccc2c1. The van der Waals surface area contributed by atoms with Gasteiger partial charge in [0.1, 0.15) is 5.75 Å². The minimum atomic E-state index is 0.869. The fourth-order valence-electron chi connectivity index (χ4n) is 3.36. The van der Waals surface area contributed by atoms with Crippen molar-refractivity contribution < 1.29 is 4.74 Å². The van der Waals surface area contributed by atoms with Gasteiger partial charge in [-0.25, -0.2) is 4.98 Å². The molecule has 3 rings (SSSR count). The van der Waals surface area contributed by atoms with Gasteiger partial charge in [-0.2, -0.15) is 0 Å². The van der Waals surface area contributed by atoms with Crippen molar-refractivity contribution in [3.8, 4) is 17.0 Å². The van der Waals surface area contributed by atoms with E-state index in [9.17, 15) is 0 Å². The Labute approximate surface area is 157 Å². The van der Waals surface area contributed by atoms with Crippen molar-refractivity contribution in [1.29, 1.82) is 0 Å². The van der Waals surface area contributed by atoms with Gasteiger partial charge in [0, 0.05) is 10.9 Å². The van der Waals surface area contributed by atoms with Gasteiger partial charge in [0.05, 0.1) is 18.3 Å². The van der Waals surface area contributed by atoms with Crippen molar-refractivity contribution in [2.24, 2.45) is 0 Å². The topological polar surface area (TPSA) is 22.1 Å². The molecule has 2 nitrogen and oxygen atoms in total. The molecule has 0 atom stereocenters. The maximum Gasteiger partial charge on any atom is 0.118 e. The predicted octanol–water partition coefficient (Wildman–Crippen LogP) is 6.81.